The molecule has 0 aromatic heterocycles. The standard InChI is InChI=1S/C21H54GeO4Si4/c1-13-16-19-22(20-17-14-2,21-18-15-3)23-30(24-27(4,5)6,25-28(7,8)9)26-29(10,11)12/h13-21H2,1-12H3. The first-order chi connectivity index (χ1) is 13.5. The summed E-state index contributed by atoms with van der Waals surface area (Å²) in [6.45, 7) is 27.1. The predicted octanol–water partition coefficient (Wildman–Crippen LogP) is 8.34. The molecule has 0 aliphatic carbocycles. The van der Waals surface area contributed by atoms with Gasteiger partial charge in [0.1, 0.15) is 0 Å². The van der Waals surface area contributed by atoms with Crippen LogP contribution in [0.15, 0.2) is 0 Å². The van der Waals surface area contributed by atoms with Crippen LogP contribution in [0, 0.1) is 0 Å². The molecule has 0 rings (SSSR count). The summed E-state index contributed by atoms with van der Waals surface area (Å²) in [5, 5.41) is 3.76. The zero-order valence-corrected chi connectivity index (χ0v) is 28.6. The van der Waals surface area contributed by atoms with E-state index in [0.29, 0.717) is 0 Å². The number of unbranched alkanes of at least 4 members (excludes halogenated alkanes) is 3. The Morgan fingerprint density at radius 2 is 0.767 bits per heavy atom. The third-order valence-electron chi connectivity index (χ3n) is 4.59. The van der Waals surface area contributed by atoms with Crippen molar-refractivity contribution < 1.29 is 15.8 Å². The molecule has 0 bridgehead atoms. The minimum atomic E-state index is -3.22. The molecule has 30 heavy (non-hydrogen) atoms. The van der Waals surface area contributed by atoms with Crippen molar-refractivity contribution >= 4 is 47.6 Å². The number of rotatable bonds is 17. The molecule has 0 atom stereocenters. The van der Waals surface area contributed by atoms with E-state index in [1.807, 2.05) is 0 Å². The second kappa shape index (κ2) is 13.2. The Morgan fingerprint density at radius 3 is 0.967 bits per heavy atom. The first kappa shape index (κ1) is 31.3. The molecule has 0 amide bonds. The number of hydrogen-bond donors (Lipinski definition) is 0. The van der Waals surface area contributed by atoms with Crippen molar-refractivity contribution in [3.05, 3.63) is 0 Å². The van der Waals surface area contributed by atoms with Gasteiger partial charge < -0.3 is 0 Å². The van der Waals surface area contributed by atoms with Crippen molar-refractivity contribution in [1.29, 1.82) is 0 Å². The Hall–Kier alpha value is 1.25. The monoisotopic (exact) mass is 556 g/mol. The maximum absolute atomic E-state index is 7.42. The average molecular weight is 556 g/mol. The molecule has 0 aliphatic heterocycles. The quantitative estimate of drug-likeness (QED) is 0.169. The van der Waals surface area contributed by atoms with Gasteiger partial charge in [-0.3, -0.25) is 0 Å². The molecular formula is C21H54GeO4Si4. The van der Waals surface area contributed by atoms with Crippen LogP contribution in [-0.2, 0) is 15.8 Å². The van der Waals surface area contributed by atoms with E-state index in [1.165, 1.54) is 54.3 Å². The molecule has 0 fully saturated rings. The fourth-order valence-corrected chi connectivity index (χ4v) is 31.0. The minimum absolute atomic E-state index is 1.22. The molecule has 0 saturated heterocycles. The Morgan fingerprint density at radius 1 is 0.500 bits per heavy atom. The van der Waals surface area contributed by atoms with Crippen LogP contribution in [0.1, 0.15) is 59.3 Å². The van der Waals surface area contributed by atoms with Crippen molar-refractivity contribution in [2.75, 3.05) is 0 Å². The van der Waals surface area contributed by atoms with Crippen molar-refractivity contribution in [1.82, 2.24) is 0 Å². The normalized spacial score (nSPS) is 14.4. The van der Waals surface area contributed by atoms with E-state index in [9.17, 15) is 0 Å². The van der Waals surface area contributed by atoms with Crippen molar-refractivity contribution in [2.24, 2.45) is 0 Å². The van der Waals surface area contributed by atoms with E-state index in [-0.39, 0.29) is 0 Å². The van der Waals surface area contributed by atoms with Crippen LogP contribution in [-0.4, -0.2) is 47.6 Å². The van der Waals surface area contributed by atoms with E-state index in [2.05, 4.69) is 79.7 Å². The Kier molecular flexibility index (Phi) is 13.8. The summed E-state index contributed by atoms with van der Waals surface area (Å²) in [5.74, 6) is 0. The van der Waals surface area contributed by atoms with Crippen LogP contribution in [0.25, 0.3) is 0 Å². The Bertz CT molecular complexity index is 411. The maximum atomic E-state index is 7.42. The van der Waals surface area contributed by atoms with Crippen LogP contribution >= 0.6 is 0 Å². The molecule has 9 heteroatoms. The molecule has 182 valence electrons. The van der Waals surface area contributed by atoms with Crippen LogP contribution in [0.3, 0.4) is 0 Å². The summed E-state index contributed by atoms with van der Waals surface area (Å²) >= 11 is -2.68. The first-order valence-corrected chi connectivity index (χ1v) is 29.5. The van der Waals surface area contributed by atoms with Crippen LogP contribution < -0.4 is 0 Å². The second-order valence-corrected chi connectivity index (χ2v) is 37.5. The van der Waals surface area contributed by atoms with Crippen molar-refractivity contribution in [2.45, 2.75) is 134 Å². The average Bonchev–Trinajstić information content (AvgIpc) is 2.50. The molecule has 0 heterocycles. The SMILES string of the molecule is CCC[CH2][Ge]([CH2]CCC)([CH2]CCC)[O][Si](O[Si](C)(C)C)(O[Si](C)(C)C)O[Si](C)(C)C. The Labute approximate surface area is 196 Å². The van der Waals surface area contributed by atoms with Gasteiger partial charge in [0, 0.05) is 0 Å². The summed E-state index contributed by atoms with van der Waals surface area (Å²) in [4.78, 5) is 0. The van der Waals surface area contributed by atoms with Gasteiger partial charge in [0.2, 0.25) is 0 Å². The molecule has 0 aliphatic rings. The van der Waals surface area contributed by atoms with Gasteiger partial charge in [0.15, 0.2) is 0 Å². The van der Waals surface area contributed by atoms with Crippen LogP contribution in [0.4, 0.5) is 0 Å². The molecule has 0 radical (unpaired) electrons. The number of hydrogen-bond acceptors (Lipinski definition) is 4. The zero-order chi connectivity index (χ0) is 23.7. The van der Waals surface area contributed by atoms with Crippen LogP contribution in [0.2, 0.25) is 74.7 Å². The molecule has 0 spiro atoms. The molecule has 0 aromatic carbocycles. The molecule has 0 aromatic rings. The van der Waals surface area contributed by atoms with Crippen molar-refractivity contribution in [3.8, 4) is 0 Å². The van der Waals surface area contributed by atoms with Gasteiger partial charge >= 0.3 is 197 Å². The summed E-state index contributed by atoms with van der Waals surface area (Å²) < 4.78 is 28.1. The van der Waals surface area contributed by atoms with Gasteiger partial charge in [-0.1, -0.05) is 0 Å². The molecule has 0 N–H and O–H groups in total. The van der Waals surface area contributed by atoms with E-state index in [0.717, 1.165) is 0 Å². The van der Waals surface area contributed by atoms with Gasteiger partial charge in [-0.15, -0.1) is 0 Å². The molecule has 0 unspecified atom stereocenters. The predicted molar refractivity (Wildman–Crippen MR) is 145 cm³/mol. The zero-order valence-electron chi connectivity index (χ0n) is 22.5. The molecular weight excluding hydrogens is 501 g/mol. The van der Waals surface area contributed by atoms with E-state index < -0.39 is 47.6 Å². The molecule has 0 saturated carbocycles. The summed E-state index contributed by atoms with van der Waals surface area (Å²) in [5.41, 5.74) is 0. The Balaban J connectivity index is 6.40. The van der Waals surface area contributed by atoms with Gasteiger partial charge in [-0.05, 0) is 0 Å². The topological polar surface area (TPSA) is 36.9 Å². The third-order valence-corrected chi connectivity index (χ3v) is 27.9. The summed E-state index contributed by atoms with van der Waals surface area (Å²) in [6, 6.07) is 0. The van der Waals surface area contributed by atoms with Gasteiger partial charge in [-0.2, -0.15) is 0 Å². The van der Waals surface area contributed by atoms with Crippen LogP contribution in [0.5, 0.6) is 0 Å². The first-order valence-electron chi connectivity index (χ1n) is 12.3. The fourth-order valence-electron chi connectivity index (χ4n) is 3.54. The summed E-state index contributed by atoms with van der Waals surface area (Å²) in [6.07, 6.45) is 7.44. The van der Waals surface area contributed by atoms with Gasteiger partial charge in [0.05, 0.1) is 0 Å². The molecule has 4 nitrogen and oxygen atoms in total. The third kappa shape index (κ3) is 14.4. The van der Waals surface area contributed by atoms with Gasteiger partial charge in [0.25, 0.3) is 0 Å². The van der Waals surface area contributed by atoms with Crippen molar-refractivity contribution in [3.63, 3.8) is 0 Å². The van der Waals surface area contributed by atoms with Gasteiger partial charge in [-0.25, -0.2) is 0 Å². The van der Waals surface area contributed by atoms with E-state index in [4.69, 9.17) is 15.8 Å². The fraction of sp³-hybridized carbons (Fsp3) is 1.00. The second-order valence-electron chi connectivity index (χ2n) is 11.7. The summed E-state index contributed by atoms with van der Waals surface area (Å²) in [7, 11) is -8.99. The van der Waals surface area contributed by atoms with E-state index >= 15 is 0 Å². The van der Waals surface area contributed by atoms with E-state index in [1.54, 1.807) is 0 Å².